The number of aromatic nitrogens is 2. The van der Waals surface area contributed by atoms with Crippen LogP contribution in [0.4, 0.5) is 5.82 Å². The Hall–Kier alpha value is -1.36. The van der Waals surface area contributed by atoms with Crippen LogP contribution in [0, 0.1) is 0 Å². The zero-order valence-electron chi connectivity index (χ0n) is 9.55. The molecule has 0 aliphatic rings. The van der Waals surface area contributed by atoms with Crippen LogP contribution in [0.2, 0.25) is 0 Å². The lowest BCUT2D eigenvalue weighted by atomic mass is 10.1. The number of rotatable bonds is 3. The Labute approximate surface area is 88.7 Å². The van der Waals surface area contributed by atoms with E-state index < -0.39 is 5.60 Å². The van der Waals surface area contributed by atoms with Gasteiger partial charge in [0.05, 0.1) is 5.56 Å². The highest BCUT2D eigenvalue weighted by atomic mass is 16.5. The minimum atomic E-state index is -0.639. The fraction of sp³-hybridized carbons (Fsp3) is 0.600. The Balaban J connectivity index is 3.32. The van der Waals surface area contributed by atoms with Crippen LogP contribution < -0.4 is 11.3 Å². The molecular formula is C10H17N3O2. The van der Waals surface area contributed by atoms with E-state index in [4.69, 9.17) is 10.5 Å². The maximum absolute atomic E-state index is 11.6. The Morgan fingerprint density at radius 1 is 1.53 bits per heavy atom. The van der Waals surface area contributed by atoms with Gasteiger partial charge in [-0.2, -0.15) is 0 Å². The van der Waals surface area contributed by atoms with E-state index in [1.165, 1.54) is 0 Å². The number of hydrogen-bond donors (Lipinski definition) is 2. The van der Waals surface area contributed by atoms with Crippen molar-refractivity contribution in [1.82, 2.24) is 9.97 Å². The maximum Gasteiger partial charge on any atom is 0.256 e. The average molecular weight is 211 g/mol. The molecule has 0 spiro atoms. The van der Waals surface area contributed by atoms with Crippen molar-refractivity contribution in [3.05, 3.63) is 21.7 Å². The fourth-order valence-corrected chi connectivity index (χ4v) is 1.24. The molecule has 0 fully saturated rings. The summed E-state index contributed by atoms with van der Waals surface area (Å²) < 4.78 is 5.22. The Bertz CT molecular complexity index is 410. The molecule has 0 bridgehead atoms. The van der Waals surface area contributed by atoms with Crippen molar-refractivity contribution in [2.45, 2.75) is 32.8 Å². The molecule has 1 heterocycles. The van der Waals surface area contributed by atoms with Crippen LogP contribution in [0.25, 0.3) is 0 Å². The molecule has 15 heavy (non-hydrogen) atoms. The molecule has 1 aromatic rings. The van der Waals surface area contributed by atoms with E-state index in [-0.39, 0.29) is 11.4 Å². The number of methoxy groups -OCH3 is 1. The number of anilines is 1. The van der Waals surface area contributed by atoms with Gasteiger partial charge in [0, 0.05) is 7.11 Å². The average Bonchev–Trinajstić information content (AvgIpc) is 2.17. The first-order valence-corrected chi connectivity index (χ1v) is 4.86. The van der Waals surface area contributed by atoms with Crippen LogP contribution >= 0.6 is 0 Å². The van der Waals surface area contributed by atoms with Gasteiger partial charge in [0.2, 0.25) is 0 Å². The monoisotopic (exact) mass is 211 g/mol. The Morgan fingerprint density at radius 3 is 2.53 bits per heavy atom. The molecule has 3 N–H and O–H groups in total. The molecule has 0 radical (unpaired) electrons. The normalized spacial score (nSPS) is 11.7. The van der Waals surface area contributed by atoms with E-state index in [0.29, 0.717) is 17.8 Å². The van der Waals surface area contributed by atoms with Gasteiger partial charge in [-0.1, -0.05) is 6.92 Å². The van der Waals surface area contributed by atoms with Crippen LogP contribution in [0.5, 0.6) is 0 Å². The highest BCUT2D eigenvalue weighted by molar-refractivity contribution is 5.38. The molecule has 0 unspecified atom stereocenters. The highest BCUT2D eigenvalue weighted by Crippen LogP contribution is 2.20. The van der Waals surface area contributed by atoms with Crippen molar-refractivity contribution in [2.24, 2.45) is 0 Å². The number of nitrogens with one attached hydrogen (secondary N) is 1. The SMILES string of the molecule is CCc1c(N)nc(C(C)(C)OC)[nH]c1=O. The second-order valence-corrected chi connectivity index (χ2v) is 3.85. The molecule has 84 valence electrons. The molecule has 0 saturated heterocycles. The number of nitrogens with two attached hydrogens (primary N) is 1. The predicted molar refractivity (Wildman–Crippen MR) is 58.7 cm³/mol. The van der Waals surface area contributed by atoms with Gasteiger partial charge in [-0.05, 0) is 20.3 Å². The first-order chi connectivity index (χ1) is 6.92. The topological polar surface area (TPSA) is 81.0 Å². The standard InChI is InChI=1S/C10H17N3O2/c1-5-6-7(11)12-9(13-8(6)14)10(2,3)15-4/h5H2,1-4H3,(H3,11,12,13,14). The van der Waals surface area contributed by atoms with Crippen LogP contribution in [0.15, 0.2) is 4.79 Å². The fourth-order valence-electron chi connectivity index (χ4n) is 1.24. The van der Waals surface area contributed by atoms with Gasteiger partial charge in [0.15, 0.2) is 0 Å². The lowest BCUT2D eigenvalue weighted by Gasteiger charge is -2.22. The largest absolute Gasteiger partial charge is 0.383 e. The van der Waals surface area contributed by atoms with Crippen molar-refractivity contribution in [2.75, 3.05) is 12.8 Å². The summed E-state index contributed by atoms with van der Waals surface area (Å²) in [4.78, 5) is 18.5. The second kappa shape index (κ2) is 4.02. The van der Waals surface area contributed by atoms with Crippen LogP contribution in [-0.2, 0) is 16.8 Å². The van der Waals surface area contributed by atoms with Crippen molar-refractivity contribution in [3.63, 3.8) is 0 Å². The second-order valence-electron chi connectivity index (χ2n) is 3.85. The molecule has 0 atom stereocenters. The molecule has 5 nitrogen and oxygen atoms in total. The van der Waals surface area contributed by atoms with Gasteiger partial charge >= 0.3 is 0 Å². The van der Waals surface area contributed by atoms with E-state index in [0.717, 1.165) is 0 Å². The zero-order valence-corrected chi connectivity index (χ0v) is 9.55. The van der Waals surface area contributed by atoms with E-state index in [1.807, 2.05) is 20.8 Å². The molecule has 0 aromatic carbocycles. The van der Waals surface area contributed by atoms with Crippen molar-refractivity contribution < 1.29 is 4.74 Å². The van der Waals surface area contributed by atoms with Gasteiger partial charge in [-0.25, -0.2) is 4.98 Å². The summed E-state index contributed by atoms with van der Waals surface area (Å²) >= 11 is 0. The molecule has 0 amide bonds. The molecule has 1 aromatic heterocycles. The first kappa shape index (κ1) is 11.7. The predicted octanol–water partition coefficient (Wildman–Crippen LogP) is 0.796. The smallest absolute Gasteiger partial charge is 0.256 e. The number of nitrogens with zero attached hydrogens (tertiary/aromatic N) is 1. The lowest BCUT2D eigenvalue weighted by molar-refractivity contribution is 0.0113. The van der Waals surface area contributed by atoms with E-state index >= 15 is 0 Å². The van der Waals surface area contributed by atoms with Crippen molar-refractivity contribution >= 4 is 5.82 Å². The minimum absolute atomic E-state index is 0.190. The van der Waals surface area contributed by atoms with Gasteiger partial charge in [0.25, 0.3) is 5.56 Å². The van der Waals surface area contributed by atoms with Crippen LogP contribution in [0.1, 0.15) is 32.2 Å². The summed E-state index contributed by atoms with van der Waals surface area (Å²) in [6, 6.07) is 0. The third-order valence-electron chi connectivity index (χ3n) is 2.48. The highest BCUT2D eigenvalue weighted by Gasteiger charge is 2.23. The third kappa shape index (κ3) is 2.18. The van der Waals surface area contributed by atoms with Gasteiger partial charge in [-0.3, -0.25) is 4.79 Å². The van der Waals surface area contributed by atoms with E-state index in [9.17, 15) is 4.79 Å². The number of H-pyrrole nitrogens is 1. The quantitative estimate of drug-likeness (QED) is 0.774. The number of hydrogen-bond acceptors (Lipinski definition) is 4. The van der Waals surface area contributed by atoms with E-state index in [1.54, 1.807) is 7.11 Å². The van der Waals surface area contributed by atoms with Crippen molar-refractivity contribution in [1.29, 1.82) is 0 Å². The Morgan fingerprint density at radius 2 is 2.13 bits per heavy atom. The summed E-state index contributed by atoms with van der Waals surface area (Å²) in [7, 11) is 1.56. The van der Waals surface area contributed by atoms with Gasteiger partial charge < -0.3 is 15.5 Å². The summed E-state index contributed by atoms with van der Waals surface area (Å²) in [5.41, 5.74) is 5.39. The molecule has 0 aliphatic heterocycles. The minimum Gasteiger partial charge on any atom is -0.383 e. The molecule has 0 aliphatic carbocycles. The third-order valence-corrected chi connectivity index (χ3v) is 2.48. The molecule has 0 saturated carbocycles. The summed E-state index contributed by atoms with van der Waals surface area (Å²) in [6.45, 7) is 5.50. The lowest BCUT2D eigenvalue weighted by Crippen LogP contribution is -2.29. The summed E-state index contributed by atoms with van der Waals surface area (Å²) in [5.74, 6) is 0.728. The van der Waals surface area contributed by atoms with Crippen molar-refractivity contribution in [3.8, 4) is 0 Å². The molecular weight excluding hydrogens is 194 g/mol. The summed E-state index contributed by atoms with van der Waals surface area (Å²) in [5, 5.41) is 0. The van der Waals surface area contributed by atoms with Crippen LogP contribution in [0.3, 0.4) is 0 Å². The molecule has 1 rings (SSSR count). The van der Waals surface area contributed by atoms with Gasteiger partial charge in [0.1, 0.15) is 17.2 Å². The molecule has 5 heteroatoms. The number of ether oxygens (including phenoxy) is 1. The zero-order chi connectivity index (χ0) is 11.6. The van der Waals surface area contributed by atoms with Gasteiger partial charge in [-0.15, -0.1) is 0 Å². The van der Waals surface area contributed by atoms with Crippen LogP contribution in [-0.4, -0.2) is 17.1 Å². The maximum atomic E-state index is 11.6. The summed E-state index contributed by atoms with van der Waals surface area (Å²) in [6.07, 6.45) is 0.571. The number of aromatic amines is 1. The van der Waals surface area contributed by atoms with E-state index in [2.05, 4.69) is 9.97 Å². The number of nitrogen functional groups attached to an aromatic ring is 1. The Kier molecular flexibility index (Phi) is 3.14. The first-order valence-electron chi connectivity index (χ1n) is 4.86.